The Bertz CT molecular complexity index is 697. The highest BCUT2D eigenvalue weighted by molar-refractivity contribution is 5.02. The van der Waals surface area contributed by atoms with Crippen LogP contribution in [-0.2, 0) is 4.74 Å². The van der Waals surface area contributed by atoms with E-state index in [1.807, 2.05) is 0 Å². The van der Waals surface area contributed by atoms with Crippen LogP contribution in [0.2, 0.25) is 0 Å². The molecule has 2 N–H and O–H groups in total. The summed E-state index contributed by atoms with van der Waals surface area (Å²) in [5, 5.41) is 24.3. The van der Waals surface area contributed by atoms with Gasteiger partial charge in [0.1, 0.15) is 18.4 Å². The molecule has 4 saturated carbocycles. The molecule has 34 heavy (non-hydrogen) atoms. The second kappa shape index (κ2) is 10.7. The van der Waals surface area contributed by atoms with E-state index in [1.165, 1.54) is 38.5 Å². The van der Waals surface area contributed by atoms with Crippen LogP contribution in [0.3, 0.4) is 0 Å². The highest BCUT2D eigenvalue weighted by Gasteiger charge is 2.51. The fraction of sp³-hybridized carbons (Fsp3) is 1.00. The van der Waals surface area contributed by atoms with Crippen LogP contribution in [0.15, 0.2) is 10.2 Å². The van der Waals surface area contributed by atoms with E-state index in [0.29, 0.717) is 36.5 Å². The molecule has 5 rings (SSSR count). The molecule has 1 aliphatic heterocycles. The van der Waals surface area contributed by atoms with Crippen molar-refractivity contribution in [3.05, 3.63) is 0 Å². The van der Waals surface area contributed by atoms with Crippen molar-refractivity contribution in [1.82, 2.24) is 5.32 Å². The quantitative estimate of drug-likeness (QED) is 0.456. The third-order valence-corrected chi connectivity index (χ3v) is 9.68. The van der Waals surface area contributed by atoms with Crippen LogP contribution in [0.1, 0.15) is 96.3 Å². The van der Waals surface area contributed by atoms with Crippen molar-refractivity contribution in [3.63, 3.8) is 0 Å². The first-order valence-electron chi connectivity index (χ1n) is 14.0. The predicted octanol–water partition coefficient (Wildman–Crippen LogP) is 6.36. The zero-order valence-electron chi connectivity index (χ0n) is 20.3. The lowest BCUT2D eigenvalue weighted by atomic mass is 9.55. The Morgan fingerprint density at radius 1 is 0.676 bits per heavy atom. The second-order valence-electron chi connectivity index (χ2n) is 11.7. The van der Waals surface area contributed by atoms with Gasteiger partial charge in [0.05, 0.1) is 18.1 Å². The maximum absolute atomic E-state index is 12.9. The molecule has 1 heterocycles. The van der Waals surface area contributed by atoms with Gasteiger partial charge in [-0.3, -0.25) is 5.32 Å². The molecule has 0 amide bonds. The number of azo groups is 1. The summed E-state index contributed by atoms with van der Waals surface area (Å²) in [6, 6.07) is -0.0922. The van der Waals surface area contributed by atoms with E-state index in [0.717, 1.165) is 32.1 Å². The van der Waals surface area contributed by atoms with Crippen LogP contribution in [0, 0.1) is 29.6 Å². The normalized spacial score (nSPS) is 46.1. The van der Waals surface area contributed by atoms with Crippen LogP contribution >= 0.6 is 0 Å². The van der Waals surface area contributed by atoms with Crippen LogP contribution in [0.4, 0.5) is 13.2 Å². The fourth-order valence-electron chi connectivity index (χ4n) is 7.94. The molecule has 0 spiro atoms. The minimum atomic E-state index is -4.09. The Hall–Kier alpha value is -0.730. The van der Waals surface area contributed by atoms with Gasteiger partial charge in [0.25, 0.3) is 0 Å². The SMILES string of the molecule is OC1C2CCCCC2C2CCCCC2C1N=NC1CCCC(OC2CCC(C(F)(F)F)CC2)N1. The van der Waals surface area contributed by atoms with Gasteiger partial charge >= 0.3 is 6.18 Å². The standard InChI is InChI=1S/C26H42F3N3O2/c27-26(28,29)16-12-14-17(15-13-16)34-23-11-5-10-22(30-23)31-32-24-20-8-3-1-6-18(20)19-7-2-4-9-21(19)25(24)33/h16-25,30,33H,1-15H2. The average molecular weight is 486 g/mol. The van der Waals surface area contributed by atoms with E-state index in [-0.39, 0.29) is 43.5 Å². The lowest BCUT2D eigenvalue weighted by molar-refractivity contribution is -0.190. The maximum Gasteiger partial charge on any atom is 0.391 e. The minimum Gasteiger partial charge on any atom is -0.391 e. The van der Waals surface area contributed by atoms with Gasteiger partial charge in [-0.15, -0.1) is 0 Å². The molecule has 8 heteroatoms. The van der Waals surface area contributed by atoms with Gasteiger partial charge in [0, 0.05) is 0 Å². The van der Waals surface area contributed by atoms with Crippen molar-refractivity contribution in [1.29, 1.82) is 0 Å². The molecule has 5 fully saturated rings. The smallest absolute Gasteiger partial charge is 0.391 e. The Kier molecular flexibility index (Phi) is 7.86. The Labute approximate surface area is 201 Å². The summed E-state index contributed by atoms with van der Waals surface area (Å²) in [6.45, 7) is 0. The van der Waals surface area contributed by atoms with Crippen molar-refractivity contribution >= 4 is 0 Å². The molecule has 5 aliphatic rings. The highest BCUT2D eigenvalue weighted by Crippen LogP contribution is 2.52. The molecule has 4 aliphatic carbocycles. The number of nitrogens with one attached hydrogen (secondary N) is 1. The van der Waals surface area contributed by atoms with Crippen LogP contribution in [-0.4, -0.2) is 41.9 Å². The van der Waals surface area contributed by atoms with E-state index in [4.69, 9.17) is 15.0 Å². The number of halogens is 3. The molecule has 5 nitrogen and oxygen atoms in total. The Morgan fingerprint density at radius 3 is 1.97 bits per heavy atom. The molecule has 0 radical (unpaired) electrons. The number of rotatable bonds is 4. The number of nitrogens with zero attached hydrogens (tertiary/aromatic N) is 2. The monoisotopic (exact) mass is 485 g/mol. The van der Waals surface area contributed by atoms with Crippen molar-refractivity contribution < 1.29 is 23.0 Å². The third-order valence-electron chi connectivity index (χ3n) is 9.68. The molecule has 8 unspecified atom stereocenters. The number of hydrogen-bond acceptors (Lipinski definition) is 5. The Morgan fingerprint density at radius 2 is 1.29 bits per heavy atom. The lowest BCUT2D eigenvalue weighted by Crippen LogP contribution is -2.54. The first-order chi connectivity index (χ1) is 16.4. The number of ether oxygens (including phenoxy) is 1. The summed E-state index contributed by atoms with van der Waals surface area (Å²) >= 11 is 0. The molecule has 0 aromatic carbocycles. The number of piperidine rings is 1. The molecular formula is C26H42F3N3O2. The number of fused-ring (bicyclic) bond motifs is 3. The summed E-state index contributed by atoms with van der Waals surface area (Å²) in [7, 11) is 0. The largest absolute Gasteiger partial charge is 0.391 e. The van der Waals surface area contributed by atoms with Gasteiger partial charge < -0.3 is 9.84 Å². The minimum absolute atomic E-state index is 0.0922. The topological polar surface area (TPSA) is 66.2 Å². The summed E-state index contributed by atoms with van der Waals surface area (Å²) in [4.78, 5) is 0. The summed E-state index contributed by atoms with van der Waals surface area (Å²) in [6.07, 6.45) is 8.92. The molecule has 0 aromatic heterocycles. The first-order valence-corrected chi connectivity index (χ1v) is 14.0. The first kappa shape index (κ1) is 24.9. The van der Waals surface area contributed by atoms with E-state index < -0.39 is 12.1 Å². The van der Waals surface area contributed by atoms with Crippen LogP contribution < -0.4 is 5.32 Å². The number of aliphatic hydroxyl groups excluding tert-OH is 1. The zero-order chi connectivity index (χ0) is 23.7. The maximum atomic E-state index is 12.9. The average Bonchev–Trinajstić information content (AvgIpc) is 2.84. The number of aliphatic hydroxyl groups is 1. The van der Waals surface area contributed by atoms with E-state index in [1.54, 1.807) is 0 Å². The van der Waals surface area contributed by atoms with Crippen LogP contribution in [0.5, 0.6) is 0 Å². The molecule has 1 saturated heterocycles. The van der Waals surface area contributed by atoms with Gasteiger partial charge in [0.2, 0.25) is 0 Å². The van der Waals surface area contributed by atoms with Gasteiger partial charge in [-0.25, -0.2) is 0 Å². The number of hydrogen-bond donors (Lipinski definition) is 2. The molecule has 0 aromatic rings. The summed E-state index contributed by atoms with van der Waals surface area (Å²) in [5.74, 6) is 1.00. The van der Waals surface area contributed by atoms with Gasteiger partial charge in [-0.2, -0.15) is 23.4 Å². The highest BCUT2D eigenvalue weighted by atomic mass is 19.4. The van der Waals surface area contributed by atoms with Crippen molar-refractivity contribution in [2.75, 3.05) is 0 Å². The second-order valence-corrected chi connectivity index (χ2v) is 11.7. The van der Waals surface area contributed by atoms with Crippen molar-refractivity contribution in [2.24, 2.45) is 39.8 Å². The lowest BCUT2D eigenvalue weighted by Gasteiger charge is -2.52. The van der Waals surface area contributed by atoms with Crippen molar-refractivity contribution in [3.8, 4) is 0 Å². The van der Waals surface area contributed by atoms with Gasteiger partial charge in [-0.05, 0) is 94.3 Å². The zero-order valence-corrected chi connectivity index (χ0v) is 20.3. The van der Waals surface area contributed by atoms with E-state index >= 15 is 0 Å². The Balaban J connectivity index is 1.17. The van der Waals surface area contributed by atoms with Crippen molar-refractivity contribution in [2.45, 2.75) is 133 Å². The predicted molar refractivity (Wildman–Crippen MR) is 123 cm³/mol. The van der Waals surface area contributed by atoms with Crippen LogP contribution in [0.25, 0.3) is 0 Å². The molecule has 0 bridgehead atoms. The fourth-order valence-corrected chi connectivity index (χ4v) is 7.94. The van der Waals surface area contributed by atoms with Gasteiger partial charge in [0.15, 0.2) is 0 Å². The van der Waals surface area contributed by atoms with Gasteiger partial charge in [-0.1, -0.05) is 25.7 Å². The summed E-state index contributed by atoms with van der Waals surface area (Å²) < 4.78 is 45.0. The summed E-state index contributed by atoms with van der Waals surface area (Å²) in [5.41, 5.74) is 0. The molecular weight excluding hydrogens is 443 g/mol. The molecule has 194 valence electrons. The van der Waals surface area contributed by atoms with E-state index in [9.17, 15) is 18.3 Å². The third kappa shape index (κ3) is 5.49. The number of alkyl halides is 3. The molecule has 8 atom stereocenters. The van der Waals surface area contributed by atoms with E-state index in [2.05, 4.69) is 5.32 Å².